The Bertz CT molecular complexity index is 1040. The average molecular weight is 452 g/mol. The van der Waals surface area contributed by atoms with Crippen molar-refractivity contribution in [2.24, 2.45) is 0 Å². The summed E-state index contributed by atoms with van der Waals surface area (Å²) in [5.41, 5.74) is 1.95. The maximum atomic E-state index is 12.6. The summed E-state index contributed by atoms with van der Waals surface area (Å²) in [5, 5.41) is 0. The van der Waals surface area contributed by atoms with Crippen LogP contribution in [0.15, 0.2) is 70.5 Å². The first-order valence-electron chi connectivity index (χ1n) is 9.86. The highest BCUT2D eigenvalue weighted by Gasteiger charge is 2.18. The second-order valence-electron chi connectivity index (χ2n) is 7.14. The molecule has 0 radical (unpaired) electrons. The van der Waals surface area contributed by atoms with Crippen molar-refractivity contribution in [1.29, 1.82) is 0 Å². The maximum Gasteiger partial charge on any atom is 0.296 e. The number of hydrogen-bond acceptors (Lipinski definition) is 5. The second kappa shape index (κ2) is 10.9. The maximum absolute atomic E-state index is 12.6. The van der Waals surface area contributed by atoms with Gasteiger partial charge in [0, 0.05) is 6.04 Å². The molecule has 0 amide bonds. The summed E-state index contributed by atoms with van der Waals surface area (Å²) >= 11 is 0. The van der Waals surface area contributed by atoms with Crippen molar-refractivity contribution in [3.63, 3.8) is 0 Å². The first kappa shape index (κ1) is 24.3. The highest BCUT2D eigenvalue weighted by Crippen LogP contribution is 2.14. The van der Waals surface area contributed by atoms with E-state index in [4.69, 9.17) is 4.18 Å². The summed E-state index contributed by atoms with van der Waals surface area (Å²) in [6, 6.07) is 12.7. The van der Waals surface area contributed by atoms with Crippen LogP contribution in [0.25, 0.3) is 0 Å². The third-order valence-electron chi connectivity index (χ3n) is 4.44. The van der Waals surface area contributed by atoms with Gasteiger partial charge in [0.1, 0.15) is 0 Å². The van der Waals surface area contributed by atoms with Crippen molar-refractivity contribution in [3.05, 3.63) is 71.8 Å². The number of sulfonamides is 1. The molecule has 6 nitrogen and oxygen atoms in total. The van der Waals surface area contributed by atoms with Crippen LogP contribution in [0.5, 0.6) is 0 Å². The Kier molecular flexibility index (Phi) is 8.78. The largest absolute Gasteiger partial charge is 0.296 e. The minimum absolute atomic E-state index is 0.0176. The fourth-order valence-corrected chi connectivity index (χ4v) is 4.90. The molecule has 0 saturated carbocycles. The molecule has 2 aromatic carbocycles. The lowest BCUT2D eigenvalue weighted by Crippen LogP contribution is -2.33. The van der Waals surface area contributed by atoms with Gasteiger partial charge in [-0.1, -0.05) is 60.9 Å². The molecule has 0 spiro atoms. The van der Waals surface area contributed by atoms with Crippen LogP contribution in [0.4, 0.5) is 0 Å². The van der Waals surface area contributed by atoms with E-state index in [9.17, 15) is 16.8 Å². The Morgan fingerprint density at radius 3 is 1.97 bits per heavy atom. The van der Waals surface area contributed by atoms with Crippen LogP contribution in [0.2, 0.25) is 0 Å². The van der Waals surface area contributed by atoms with Gasteiger partial charge in [0.2, 0.25) is 10.0 Å². The highest BCUT2D eigenvalue weighted by molar-refractivity contribution is 7.89. The van der Waals surface area contributed by atoms with Gasteiger partial charge in [-0.05, 0) is 51.0 Å². The number of aryl methyl sites for hydroxylation is 2. The minimum atomic E-state index is -3.80. The molecule has 0 aliphatic rings. The van der Waals surface area contributed by atoms with Crippen molar-refractivity contribution in [1.82, 2.24) is 4.72 Å². The minimum Gasteiger partial charge on any atom is -0.266 e. The zero-order valence-corrected chi connectivity index (χ0v) is 19.2. The third kappa shape index (κ3) is 7.36. The molecule has 2 aromatic rings. The van der Waals surface area contributed by atoms with Crippen LogP contribution in [0, 0.1) is 13.8 Å². The second-order valence-corrected chi connectivity index (χ2v) is 10.5. The zero-order valence-electron chi connectivity index (χ0n) is 17.5. The van der Waals surface area contributed by atoms with Crippen LogP contribution in [0.3, 0.4) is 0 Å². The first-order chi connectivity index (χ1) is 14.1. The van der Waals surface area contributed by atoms with E-state index in [1.165, 1.54) is 12.1 Å². The zero-order chi connectivity index (χ0) is 22.2. The predicted molar refractivity (Wildman–Crippen MR) is 118 cm³/mol. The van der Waals surface area contributed by atoms with E-state index in [1.54, 1.807) is 48.6 Å². The van der Waals surface area contributed by atoms with E-state index < -0.39 is 20.1 Å². The summed E-state index contributed by atoms with van der Waals surface area (Å²) in [5.74, 6) is 0. The molecular formula is C22H29NO5S2. The number of hydrogen-bond donors (Lipinski definition) is 1. The molecule has 0 aromatic heterocycles. The molecule has 0 aliphatic carbocycles. The fraction of sp³-hybridized carbons (Fsp3) is 0.364. The van der Waals surface area contributed by atoms with Crippen LogP contribution in [0.1, 0.15) is 37.3 Å². The van der Waals surface area contributed by atoms with Gasteiger partial charge < -0.3 is 0 Å². The molecule has 1 unspecified atom stereocenters. The van der Waals surface area contributed by atoms with Crippen molar-refractivity contribution in [2.45, 2.75) is 55.9 Å². The number of rotatable bonds is 11. The summed E-state index contributed by atoms with van der Waals surface area (Å²) in [7, 11) is -7.43. The molecule has 0 aliphatic heterocycles. The highest BCUT2D eigenvalue weighted by atomic mass is 32.2. The first-order valence-corrected chi connectivity index (χ1v) is 12.7. The Hall–Kier alpha value is -2.00. The van der Waals surface area contributed by atoms with E-state index in [1.807, 2.05) is 20.8 Å². The fourth-order valence-electron chi connectivity index (χ4n) is 2.75. The monoisotopic (exact) mass is 451 g/mol. The van der Waals surface area contributed by atoms with Gasteiger partial charge in [-0.2, -0.15) is 8.42 Å². The van der Waals surface area contributed by atoms with Crippen molar-refractivity contribution in [2.75, 3.05) is 6.61 Å². The Morgan fingerprint density at radius 2 is 1.43 bits per heavy atom. The lowest BCUT2D eigenvalue weighted by molar-refractivity contribution is 0.324. The number of benzene rings is 2. The van der Waals surface area contributed by atoms with Gasteiger partial charge >= 0.3 is 0 Å². The SMILES string of the molecule is CCCC(/C=C/CCOS(=O)(=O)c1ccc(C)cc1)NS(=O)(=O)c1ccc(C)cc1. The van der Waals surface area contributed by atoms with E-state index >= 15 is 0 Å². The molecule has 2 rings (SSSR count). The summed E-state index contributed by atoms with van der Waals surface area (Å²) in [6.45, 7) is 5.73. The quantitative estimate of drug-likeness (QED) is 0.316. The molecule has 0 bridgehead atoms. The normalized spacial score (nSPS) is 13.6. The van der Waals surface area contributed by atoms with E-state index in [0.717, 1.165) is 17.5 Å². The Labute approximate surface area is 180 Å². The summed E-state index contributed by atoms with van der Waals surface area (Å²) in [4.78, 5) is 0.335. The lowest BCUT2D eigenvalue weighted by atomic mass is 10.1. The van der Waals surface area contributed by atoms with Crippen molar-refractivity contribution < 1.29 is 21.0 Å². The van der Waals surface area contributed by atoms with Crippen LogP contribution in [-0.4, -0.2) is 29.5 Å². The Balaban J connectivity index is 1.93. The van der Waals surface area contributed by atoms with Gasteiger partial charge in [-0.3, -0.25) is 4.18 Å². The van der Waals surface area contributed by atoms with Gasteiger partial charge in [-0.15, -0.1) is 0 Å². The standard InChI is InChI=1S/C22H29NO5S2/c1-4-7-20(23-29(24,25)21-13-9-18(2)10-14-21)8-5-6-17-28-30(26,27)22-15-11-19(3)12-16-22/h5,8-16,20,23H,4,6-7,17H2,1-3H3/b8-5+. The molecule has 1 N–H and O–H groups in total. The van der Waals surface area contributed by atoms with E-state index in [0.29, 0.717) is 12.8 Å². The molecular weight excluding hydrogens is 422 g/mol. The van der Waals surface area contributed by atoms with Crippen LogP contribution in [-0.2, 0) is 24.3 Å². The van der Waals surface area contributed by atoms with Gasteiger partial charge in [0.05, 0.1) is 16.4 Å². The van der Waals surface area contributed by atoms with E-state index in [2.05, 4.69) is 4.72 Å². The molecule has 0 fully saturated rings. The smallest absolute Gasteiger partial charge is 0.266 e. The van der Waals surface area contributed by atoms with E-state index in [-0.39, 0.29) is 22.4 Å². The molecule has 0 saturated heterocycles. The molecule has 0 heterocycles. The third-order valence-corrected chi connectivity index (χ3v) is 7.27. The lowest BCUT2D eigenvalue weighted by Gasteiger charge is -2.15. The molecule has 8 heteroatoms. The van der Waals surface area contributed by atoms with Crippen LogP contribution >= 0.6 is 0 Å². The van der Waals surface area contributed by atoms with Crippen molar-refractivity contribution >= 4 is 20.1 Å². The number of nitrogens with one attached hydrogen (secondary N) is 1. The Morgan fingerprint density at radius 1 is 0.900 bits per heavy atom. The molecule has 30 heavy (non-hydrogen) atoms. The van der Waals surface area contributed by atoms with Gasteiger partial charge in [0.25, 0.3) is 10.1 Å². The molecule has 1 atom stereocenters. The van der Waals surface area contributed by atoms with Crippen LogP contribution < -0.4 is 4.72 Å². The topological polar surface area (TPSA) is 89.5 Å². The average Bonchev–Trinajstić information content (AvgIpc) is 2.68. The predicted octanol–water partition coefficient (Wildman–Crippen LogP) is 4.10. The van der Waals surface area contributed by atoms with Gasteiger partial charge in [-0.25, -0.2) is 13.1 Å². The van der Waals surface area contributed by atoms with Crippen molar-refractivity contribution in [3.8, 4) is 0 Å². The molecule has 164 valence electrons. The van der Waals surface area contributed by atoms with Gasteiger partial charge in [0.15, 0.2) is 0 Å². The summed E-state index contributed by atoms with van der Waals surface area (Å²) < 4.78 is 57.3. The summed E-state index contributed by atoms with van der Waals surface area (Å²) in [6.07, 6.45) is 5.26.